The third-order valence-corrected chi connectivity index (χ3v) is 6.38. The molecule has 0 saturated carbocycles. The van der Waals surface area contributed by atoms with Crippen molar-refractivity contribution in [3.8, 4) is 28.4 Å². The third-order valence-electron chi connectivity index (χ3n) is 6.38. The van der Waals surface area contributed by atoms with Crippen molar-refractivity contribution in [3.63, 3.8) is 0 Å². The third kappa shape index (κ3) is 8.78. The predicted octanol–water partition coefficient (Wildman–Crippen LogP) is 8.26. The lowest BCUT2D eigenvalue weighted by molar-refractivity contribution is -0.138. The first-order valence-electron chi connectivity index (χ1n) is 13.3. The molecule has 0 N–H and O–H groups in total. The smallest absolute Gasteiger partial charge is 0.343 e. The van der Waals surface area contributed by atoms with Crippen LogP contribution >= 0.6 is 0 Å². The van der Waals surface area contributed by atoms with E-state index in [1.807, 2.05) is 50.2 Å². The van der Waals surface area contributed by atoms with Gasteiger partial charge in [-0.2, -0.15) is 0 Å². The molecule has 3 aromatic rings. The van der Waals surface area contributed by atoms with Gasteiger partial charge in [0, 0.05) is 0 Å². The van der Waals surface area contributed by atoms with E-state index in [0.29, 0.717) is 17.1 Å². The molecule has 196 valence electrons. The van der Waals surface area contributed by atoms with Gasteiger partial charge in [-0.3, -0.25) is 4.79 Å². The number of carbonyl (C=O) groups is 2. The Morgan fingerprint density at radius 3 is 1.81 bits per heavy atom. The van der Waals surface area contributed by atoms with Gasteiger partial charge >= 0.3 is 11.9 Å². The quantitative estimate of drug-likeness (QED) is 0.134. The highest BCUT2D eigenvalue weighted by Crippen LogP contribution is 2.25. The Bertz CT molecular complexity index is 1120. The number of unbranched alkanes of at least 4 members (excludes halogenated alkanes) is 3. The first-order chi connectivity index (χ1) is 17.9. The van der Waals surface area contributed by atoms with Crippen LogP contribution in [0.4, 0.5) is 0 Å². The van der Waals surface area contributed by atoms with Gasteiger partial charge in [0.25, 0.3) is 0 Å². The van der Waals surface area contributed by atoms with E-state index in [4.69, 9.17) is 14.2 Å². The van der Waals surface area contributed by atoms with Gasteiger partial charge in [-0.25, -0.2) is 4.79 Å². The summed E-state index contributed by atoms with van der Waals surface area (Å²) in [6.45, 7) is 8.10. The van der Waals surface area contributed by atoms with E-state index >= 15 is 0 Å². The van der Waals surface area contributed by atoms with Crippen LogP contribution in [0.5, 0.6) is 17.2 Å². The lowest BCUT2D eigenvalue weighted by Crippen LogP contribution is -2.16. The second kappa shape index (κ2) is 14.2. The fourth-order valence-corrected chi connectivity index (χ4v) is 3.80. The van der Waals surface area contributed by atoms with Gasteiger partial charge in [-0.1, -0.05) is 64.3 Å². The van der Waals surface area contributed by atoms with Gasteiger partial charge in [0.2, 0.25) is 0 Å². The Morgan fingerprint density at radius 2 is 1.22 bits per heavy atom. The van der Waals surface area contributed by atoms with Crippen LogP contribution in [0.1, 0.15) is 76.6 Å². The number of rotatable bonds is 13. The molecule has 37 heavy (non-hydrogen) atoms. The SMILES string of the molecule is CCCCCCC(C)Oc1ccc(OC(=O)c2ccc(-c3ccc(OC(=O)C(C)CC)cc3)cc2)cc1. The molecule has 0 spiro atoms. The summed E-state index contributed by atoms with van der Waals surface area (Å²) in [5, 5.41) is 0. The second-order valence-corrected chi connectivity index (χ2v) is 9.47. The van der Waals surface area contributed by atoms with Gasteiger partial charge in [0.15, 0.2) is 0 Å². The fourth-order valence-electron chi connectivity index (χ4n) is 3.80. The molecular weight excluding hydrogens is 464 g/mol. The average Bonchev–Trinajstić information content (AvgIpc) is 2.92. The molecule has 0 aromatic heterocycles. The summed E-state index contributed by atoms with van der Waals surface area (Å²) in [4.78, 5) is 24.6. The van der Waals surface area contributed by atoms with Crippen molar-refractivity contribution < 1.29 is 23.8 Å². The summed E-state index contributed by atoms with van der Waals surface area (Å²) in [6, 6.07) is 21.7. The highest BCUT2D eigenvalue weighted by molar-refractivity contribution is 5.91. The number of hydrogen-bond donors (Lipinski definition) is 0. The summed E-state index contributed by atoms with van der Waals surface area (Å²) < 4.78 is 16.9. The lowest BCUT2D eigenvalue weighted by Gasteiger charge is -2.15. The standard InChI is InChI=1S/C32H38O5/c1-5-7-8-9-10-24(4)35-28-19-21-30(22-20-28)37-32(34)27-13-11-25(12-14-27)26-15-17-29(18-16-26)36-31(33)23(3)6-2/h11-24H,5-10H2,1-4H3. The Morgan fingerprint density at radius 1 is 0.676 bits per heavy atom. The van der Waals surface area contributed by atoms with Crippen LogP contribution in [0.3, 0.4) is 0 Å². The first-order valence-corrected chi connectivity index (χ1v) is 13.3. The summed E-state index contributed by atoms with van der Waals surface area (Å²) in [7, 11) is 0. The summed E-state index contributed by atoms with van der Waals surface area (Å²) >= 11 is 0. The average molecular weight is 503 g/mol. The minimum absolute atomic E-state index is 0.132. The molecule has 2 unspecified atom stereocenters. The molecule has 3 rings (SSSR count). The highest BCUT2D eigenvalue weighted by atomic mass is 16.5. The maximum Gasteiger partial charge on any atom is 0.343 e. The zero-order chi connectivity index (χ0) is 26.6. The molecule has 0 aliphatic carbocycles. The second-order valence-electron chi connectivity index (χ2n) is 9.47. The Hall–Kier alpha value is -3.60. The topological polar surface area (TPSA) is 61.8 Å². The number of benzene rings is 3. The van der Waals surface area contributed by atoms with E-state index in [9.17, 15) is 9.59 Å². The van der Waals surface area contributed by atoms with Gasteiger partial charge < -0.3 is 14.2 Å². The van der Waals surface area contributed by atoms with Gasteiger partial charge in [-0.15, -0.1) is 0 Å². The van der Waals surface area contributed by atoms with Crippen LogP contribution in [0.2, 0.25) is 0 Å². The number of ether oxygens (including phenoxy) is 3. The predicted molar refractivity (Wildman–Crippen MR) is 147 cm³/mol. The minimum Gasteiger partial charge on any atom is -0.491 e. The van der Waals surface area contributed by atoms with E-state index in [1.165, 1.54) is 25.7 Å². The lowest BCUT2D eigenvalue weighted by atomic mass is 10.0. The first kappa shape index (κ1) is 28.0. The van der Waals surface area contributed by atoms with Crippen molar-refractivity contribution in [3.05, 3.63) is 78.4 Å². The fraction of sp³-hybridized carbons (Fsp3) is 0.375. The van der Waals surface area contributed by atoms with Crippen molar-refractivity contribution >= 4 is 11.9 Å². The van der Waals surface area contributed by atoms with Gasteiger partial charge in [0.05, 0.1) is 17.6 Å². The molecule has 5 nitrogen and oxygen atoms in total. The van der Waals surface area contributed by atoms with Crippen molar-refractivity contribution in [2.45, 2.75) is 72.3 Å². The van der Waals surface area contributed by atoms with Crippen LogP contribution in [0.25, 0.3) is 11.1 Å². The molecule has 2 atom stereocenters. The van der Waals surface area contributed by atoms with Crippen molar-refractivity contribution in [1.82, 2.24) is 0 Å². The van der Waals surface area contributed by atoms with Crippen molar-refractivity contribution in [2.75, 3.05) is 0 Å². The molecule has 0 heterocycles. The minimum atomic E-state index is -0.420. The summed E-state index contributed by atoms with van der Waals surface area (Å²) in [5.41, 5.74) is 2.36. The molecule has 0 radical (unpaired) electrons. The Kier molecular flexibility index (Phi) is 10.8. The van der Waals surface area contributed by atoms with Crippen LogP contribution in [-0.2, 0) is 4.79 Å². The van der Waals surface area contributed by atoms with Crippen molar-refractivity contribution in [2.24, 2.45) is 5.92 Å². The monoisotopic (exact) mass is 502 g/mol. The molecule has 0 aliphatic heterocycles. The van der Waals surface area contributed by atoms with Crippen LogP contribution in [0, 0.1) is 5.92 Å². The molecule has 0 amide bonds. The molecule has 0 bridgehead atoms. The number of hydrogen-bond acceptors (Lipinski definition) is 5. The molecule has 5 heteroatoms. The zero-order valence-corrected chi connectivity index (χ0v) is 22.4. The number of carbonyl (C=O) groups excluding carboxylic acids is 2. The summed E-state index contributed by atoms with van der Waals surface area (Å²) in [5.74, 6) is 0.982. The maximum atomic E-state index is 12.6. The largest absolute Gasteiger partial charge is 0.491 e. The normalized spacial score (nSPS) is 12.4. The van der Waals surface area contributed by atoms with E-state index < -0.39 is 5.97 Å². The molecule has 0 saturated heterocycles. The maximum absolute atomic E-state index is 12.6. The van der Waals surface area contributed by atoms with Crippen LogP contribution in [-0.4, -0.2) is 18.0 Å². The van der Waals surface area contributed by atoms with E-state index in [-0.39, 0.29) is 18.0 Å². The van der Waals surface area contributed by atoms with Crippen LogP contribution < -0.4 is 14.2 Å². The van der Waals surface area contributed by atoms with Crippen LogP contribution in [0.15, 0.2) is 72.8 Å². The van der Waals surface area contributed by atoms with E-state index in [1.54, 1.807) is 36.4 Å². The zero-order valence-electron chi connectivity index (χ0n) is 22.4. The molecule has 0 fully saturated rings. The molecule has 0 aliphatic rings. The van der Waals surface area contributed by atoms with E-state index in [2.05, 4.69) is 13.8 Å². The summed E-state index contributed by atoms with van der Waals surface area (Å²) in [6.07, 6.45) is 6.82. The van der Waals surface area contributed by atoms with Gasteiger partial charge in [0.1, 0.15) is 17.2 Å². The number of esters is 2. The Balaban J connectivity index is 1.52. The van der Waals surface area contributed by atoms with Crippen molar-refractivity contribution in [1.29, 1.82) is 0 Å². The molecular formula is C32H38O5. The van der Waals surface area contributed by atoms with E-state index in [0.717, 1.165) is 29.7 Å². The highest BCUT2D eigenvalue weighted by Gasteiger charge is 2.13. The Labute approximate surface area is 220 Å². The molecule has 3 aromatic carbocycles. The van der Waals surface area contributed by atoms with Gasteiger partial charge in [-0.05, 0) is 85.8 Å².